The van der Waals surface area contributed by atoms with Crippen LogP contribution in [0.1, 0.15) is 90.0 Å². The Bertz CT molecular complexity index is 633. The van der Waals surface area contributed by atoms with Crippen LogP contribution in [0.15, 0.2) is 36.2 Å². The van der Waals surface area contributed by atoms with Crippen LogP contribution in [0.25, 0.3) is 0 Å². The van der Waals surface area contributed by atoms with Gasteiger partial charge in [-0.15, -0.1) is 0 Å². The molecule has 1 nitrogen and oxygen atoms in total. The van der Waals surface area contributed by atoms with Gasteiger partial charge in [0, 0.05) is 12.4 Å². The largest absolute Gasteiger partial charge is 0.264 e. The van der Waals surface area contributed by atoms with Crippen molar-refractivity contribution in [3.05, 3.63) is 41.7 Å². The molecule has 1 aromatic heterocycles. The summed E-state index contributed by atoms with van der Waals surface area (Å²) in [5.74, 6) is 6.60. The molecule has 7 atom stereocenters. The van der Waals surface area contributed by atoms with E-state index in [4.69, 9.17) is 0 Å². The zero-order chi connectivity index (χ0) is 18.8. The fourth-order valence-electron chi connectivity index (χ4n) is 7.46. The fourth-order valence-corrected chi connectivity index (χ4v) is 7.46. The van der Waals surface area contributed by atoms with Crippen molar-refractivity contribution < 1.29 is 0 Å². The van der Waals surface area contributed by atoms with E-state index in [1.807, 2.05) is 25.6 Å². The van der Waals surface area contributed by atoms with Crippen LogP contribution in [0.2, 0.25) is 0 Å². The highest BCUT2D eigenvalue weighted by atomic mass is 14.6. The van der Waals surface area contributed by atoms with Crippen LogP contribution < -0.4 is 0 Å². The van der Waals surface area contributed by atoms with Gasteiger partial charge < -0.3 is 0 Å². The first-order valence-corrected chi connectivity index (χ1v) is 11.9. The Hall–Kier alpha value is -1.11. The molecule has 0 bridgehead atoms. The molecular formula is C26H39N. The van der Waals surface area contributed by atoms with Crippen molar-refractivity contribution in [2.75, 3.05) is 0 Å². The minimum absolute atomic E-state index is 0.685. The van der Waals surface area contributed by atoms with Gasteiger partial charge in [0.1, 0.15) is 0 Å². The van der Waals surface area contributed by atoms with E-state index >= 15 is 0 Å². The highest BCUT2D eigenvalue weighted by molar-refractivity contribution is 5.20. The molecule has 0 aliphatic heterocycles. The van der Waals surface area contributed by atoms with E-state index in [1.165, 1.54) is 63.4 Å². The van der Waals surface area contributed by atoms with Crippen molar-refractivity contribution in [3.63, 3.8) is 0 Å². The SMILES string of the molecule is CC.CC(c1cccnc1)C1CCC2C3CC=C4CCCCC4C3CCC12. The Kier molecular flexibility index (Phi) is 6.05. The quantitative estimate of drug-likeness (QED) is 0.497. The van der Waals surface area contributed by atoms with Gasteiger partial charge in [0.2, 0.25) is 0 Å². The van der Waals surface area contributed by atoms with Crippen LogP contribution in [0.4, 0.5) is 0 Å². The minimum atomic E-state index is 0.685. The predicted molar refractivity (Wildman–Crippen MR) is 115 cm³/mol. The Morgan fingerprint density at radius 3 is 2.56 bits per heavy atom. The Morgan fingerprint density at radius 2 is 1.74 bits per heavy atom. The molecule has 0 aromatic carbocycles. The maximum absolute atomic E-state index is 4.38. The highest BCUT2D eigenvalue weighted by Gasteiger charge is 2.50. The smallest absolute Gasteiger partial charge is 0.0302 e. The molecule has 4 aliphatic rings. The lowest BCUT2D eigenvalue weighted by molar-refractivity contribution is 0.0478. The molecule has 1 heterocycles. The van der Waals surface area contributed by atoms with Crippen LogP contribution >= 0.6 is 0 Å². The number of fused-ring (bicyclic) bond motifs is 5. The molecule has 0 radical (unpaired) electrons. The molecule has 1 aromatic rings. The summed E-state index contributed by atoms with van der Waals surface area (Å²) >= 11 is 0. The molecule has 1 heteroatoms. The summed E-state index contributed by atoms with van der Waals surface area (Å²) < 4.78 is 0. The van der Waals surface area contributed by atoms with Crippen LogP contribution in [0.5, 0.6) is 0 Å². The van der Waals surface area contributed by atoms with Gasteiger partial charge in [-0.2, -0.15) is 0 Å². The first-order valence-electron chi connectivity index (χ1n) is 11.9. The van der Waals surface area contributed by atoms with Crippen LogP contribution in [0.3, 0.4) is 0 Å². The molecule has 7 unspecified atom stereocenters. The molecule has 0 N–H and O–H groups in total. The van der Waals surface area contributed by atoms with Gasteiger partial charge in [-0.1, -0.05) is 44.9 Å². The van der Waals surface area contributed by atoms with Gasteiger partial charge in [-0.05, 0) is 104 Å². The van der Waals surface area contributed by atoms with Gasteiger partial charge in [-0.25, -0.2) is 0 Å². The molecule has 0 amide bonds. The van der Waals surface area contributed by atoms with E-state index in [-0.39, 0.29) is 0 Å². The molecule has 27 heavy (non-hydrogen) atoms. The van der Waals surface area contributed by atoms with Crippen LogP contribution in [-0.4, -0.2) is 4.98 Å². The summed E-state index contributed by atoms with van der Waals surface area (Å²) in [6.07, 6.45) is 20.0. The molecule has 4 aliphatic carbocycles. The third kappa shape index (κ3) is 3.52. The lowest BCUT2D eigenvalue weighted by atomic mass is 9.56. The number of aromatic nitrogens is 1. The summed E-state index contributed by atoms with van der Waals surface area (Å²) in [5, 5.41) is 0. The Labute approximate surface area is 167 Å². The van der Waals surface area contributed by atoms with Gasteiger partial charge in [-0.3, -0.25) is 4.98 Å². The number of allylic oxidation sites excluding steroid dienone is 2. The monoisotopic (exact) mass is 365 g/mol. The van der Waals surface area contributed by atoms with Gasteiger partial charge in [0.25, 0.3) is 0 Å². The maximum Gasteiger partial charge on any atom is 0.0302 e. The fraction of sp³-hybridized carbons (Fsp3) is 0.731. The lowest BCUT2D eigenvalue weighted by Crippen LogP contribution is -2.41. The summed E-state index contributed by atoms with van der Waals surface area (Å²) in [6, 6.07) is 4.42. The van der Waals surface area contributed by atoms with E-state index in [0.29, 0.717) is 5.92 Å². The first-order chi connectivity index (χ1) is 13.3. The Morgan fingerprint density at radius 1 is 0.926 bits per heavy atom. The highest BCUT2D eigenvalue weighted by Crippen LogP contribution is 2.59. The van der Waals surface area contributed by atoms with E-state index < -0.39 is 0 Å². The molecule has 0 spiro atoms. The molecule has 148 valence electrons. The molecule has 3 fully saturated rings. The average Bonchev–Trinajstić information content (AvgIpc) is 3.19. The topological polar surface area (TPSA) is 12.9 Å². The third-order valence-corrected chi connectivity index (χ3v) is 8.59. The zero-order valence-electron chi connectivity index (χ0n) is 17.7. The second-order valence-electron chi connectivity index (χ2n) is 9.42. The third-order valence-electron chi connectivity index (χ3n) is 8.59. The summed E-state index contributed by atoms with van der Waals surface area (Å²) in [6.45, 7) is 6.47. The van der Waals surface area contributed by atoms with Crippen LogP contribution in [0, 0.1) is 35.5 Å². The number of pyridine rings is 1. The molecular weight excluding hydrogens is 326 g/mol. The second kappa shape index (κ2) is 8.50. The number of nitrogens with zero attached hydrogens (tertiary/aromatic N) is 1. The first kappa shape index (κ1) is 19.2. The van der Waals surface area contributed by atoms with Crippen molar-refractivity contribution in [1.82, 2.24) is 4.98 Å². The summed E-state index contributed by atoms with van der Waals surface area (Å²) in [7, 11) is 0. The van der Waals surface area contributed by atoms with E-state index in [9.17, 15) is 0 Å². The van der Waals surface area contributed by atoms with Gasteiger partial charge in [0.15, 0.2) is 0 Å². The van der Waals surface area contributed by atoms with E-state index in [0.717, 1.165) is 35.5 Å². The minimum Gasteiger partial charge on any atom is -0.264 e. The lowest BCUT2D eigenvalue weighted by Gasteiger charge is -2.49. The predicted octanol–water partition coefficient (Wildman–Crippen LogP) is 7.40. The van der Waals surface area contributed by atoms with Crippen molar-refractivity contribution >= 4 is 0 Å². The maximum atomic E-state index is 4.38. The van der Waals surface area contributed by atoms with Crippen molar-refractivity contribution in [1.29, 1.82) is 0 Å². The number of hydrogen-bond donors (Lipinski definition) is 0. The van der Waals surface area contributed by atoms with Crippen molar-refractivity contribution in [2.45, 2.75) is 84.5 Å². The molecule has 5 rings (SSSR count). The molecule has 3 saturated carbocycles. The van der Waals surface area contributed by atoms with Crippen molar-refractivity contribution in [3.8, 4) is 0 Å². The normalized spacial score (nSPS) is 38.4. The number of hydrogen-bond acceptors (Lipinski definition) is 1. The van der Waals surface area contributed by atoms with Gasteiger partial charge in [0.05, 0.1) is 0 Å². The van der Waals surface area contributed by atoms with Crippen LogP contribution in [-0.2, 0) is 0 Å². The summed E-state index contributed by atoms with van der Waals surface area (Å²) in [4.78, 5) is 4.38. The molecule has 0 saturated heterocycles. The standard InChI is InChI=1S/C24H33N.C2H6/c1-16(18-6-4-14-25-15-18)19-10-11-24-21(19)12-13-22-20-7-3-2-5-17(20)8-9-23(22)24;1-2/h4,6,8,14-16,19-24H,2-3,5,7,9-13H2,1H3;1-2H3. The Balaban J connectivity index is 0.000000872. The second-order valence-corrected chi connectivity index (χ2v) is 9.42. The number of rotatable bonds is 2. The van der Waals surface area contributed by atoms with E-state index in [1.54, 1.807) is 0 Å². The van der Waals surface area contributed by atoms with Crippen molar-refractivity contribution in [2.24, 2.45) is 35.5 Å². The average molecular weight is 366 g/mol. The van der Waals surface area contributed by atoms with E-state index in [2.05, 4.69) is 36.3 Å². The zero-order valence-corrected chi connectivity index (χ0v) is 17.7. The summed E-state index contributed by atoms with van der Waals surface area (Å²) in [5.41, 5.74) is 3.33. The van der Waals surface area contributed by atoms with Gasteiger partial charge >= 0.3 is 0 Å².